The van der Waals surface area contributed by atoms with E-state index in [0.29, 0.717) is 47.6 Å². The van der Waals surface area contributed by atoms with Crippen LogP contribution in [0.2, 0.25) is 0 Å². The van der Waals surface area contributed by atoms with Crippen LogP contribution in [0.5, 0.6) is 0 Å². The SMILES string of the molecule is Cc1noc2nc(-c3ccco3)cc(C(=O)NC(CN3CCCC3=O)c3ccccc3)c12. The minimum absolute atomic E-state index is 0.112. The molecule has 1 fully saturated rings. The highest BCUT2D eigenvalue weighted by atomic mass is 16.5. The Morgan fingerprint density at radius 3 is 2.78 bits per heavy atom. The number of benzene rings is 1. The Bertz CT molecular complexity index is 1260. The highest BCUT2D eigenvalue weighted by Crippen LogP contribution is 2.28. The smallest absolute Gasteiger partial charge is 0.259 e. The number of likely N-dealkylation sites (tertiary alicyclic amines) is 1. The summed E-state index contributed by atoms with van der Waals surface area (Å²) in [6, 6.07) is 14.5. The van der Waals surface area contributed by atoms with Gasteiger partial charge in [0, 0.05) is 19.5 Å². The van der Waals surface area contributed by atoms with Crippen LogP contribution in [0.15, 0.2) is 63.7 Å². The first kappa shape index (κ1) is 20.0. The van der Waals surface area contributed by atoms with Crippen molar-refractivity contribution in [3.63, 3.8) is 0 Å². The Morgan fingerprint density at radius 1 is 1.22 bits per heavy atom. The quantitative estimate of drug-likeness (QED) is 0.498. The molecule has 0 saturated carbocycles. The summed E-state index contributed by atoms with van der Waals surface area (Å²) in [5.74, 6) is 0.343. The molecule has 1 N–H and O–H groups in total. The second-order valence-electron chi connectivity index (χ2n) is 7.86. The lowest BCUT2D eigenvalue weighted by molar-refractivity contribution is -0.128. The van der Waals surface area contributed by atoms with E-state index in [1.54, 1.807) is 36.3 Å². The summed E-state index contributed by atoms with van der Waals surface area (Å²) in [5.41, 5.74) is 2.66. The molecule has 0 spiro atoms. The molecule has 1 unspecified atom stereocenters. The van der Waals surface area contributed by atoms with Crippen molar-refractivity contribution >= 4 is 22.9 Å². The molecule has 1 aliphatic rings. The maximum Gasteiger partial charge on any atom is 0.259 e. The third-order valence-corrected chi connectivity index (χ3v) is 5.72. The Morgan fingerprint density at radius 2 is 2.06 bits per heavy atom. The summed E-state index contributed by atoms with van der Waals surface area (Å²) in [4.78, 5) is 32.0. The van der Waals surface area contributed by atoms with E-state index in [0.717, 1.165) is 12.0 Å². The maximum absolute atomic E-state index is 13.5. The van der Waals surface area contributed by atoms with Gasteiger partial charge in [0.2, 0.25) is 5.91 Å². The molecule has 3 aromatic heterocycles. The van der Waals surface area contributed by atoms with Crippen LogP contribution in [0.1, 0.15) is 40.5 Å². The number of furan rings is 1. The number of rotatable bonds is 6. The van der Waals surface area contributed by atoms with E-state index < -0.39 is 0 Å². The van der Waals surface area contributed by atoms with Gasteiger partial charge in [-0.1, -0.05) is 35.5 Å². The van der Waals surface area contributed by atoms with Crippen LogP contribution < -0.4 is 5.32 Å². The Balaban J connectivity index is 1.51. The molecule has 1 aliphatic heterocycles. The summed E-state index contributed by atoms with van der Waals surface area (Å²) in [7, 11) is 0. The van der Waals surface area contributed by atoms with E-state index in [1.807, 2.05) is 30.3 Å². The number of hydrogen-bond donors (Lipinski definition) is 1. The average molecular weight is 430 g/mol. The standard InChI is InChI=1S/C24H22N4O4/c1-15-22-17(13-18(20-9-6-12-31-20)26-24(22)32-27-15)23(30)25-19(16-7-3-2-4-8-16)14-28-11-5-10-21(28)29/h2-4,6-9,12-13,19H,5,10-11,14H2,1H3,(H,25,30). The second kappa shape index (κ2) is 8.30. The van der Waals surface area contributed by atoms with Crippen molar-refractivity contribution in [3.05, 3.63) is 71.6 Å². The molecule has 4 heterocycles. The summed E-state index contributed by atoms with van der Waals surface area (Å²) in [6.45, 7) is 2.88. The van der Waals surface area contributed by atoms with Crippen LogP contribution in [0.3, 0.4) is 0 Å². The van der Waals surface area contributed by atoms with Crippen molar-refractivity contribution in [2.75, 3.05) is 13.1 Å². The molecular formula is C24H22N4O4. The first-order valence-corrected chi connectivity index (χ1v) is 10.5. The summed E-state index contributed by atoms with van der Waals surface area (Å²) < 4.78 is 10.8. The number of aryl methyl sites for hydroxylation is 1. The van der Waals surface area contributed by atoms with Crippen LogP contribution >= 0.6 is 0 Å². The monoisotopic (exact) mass is 430 g/mol. The number of hydrogen-bond acceptors (Lipinski definition) is 6. The van der Waals surface area contributed by atoms with E-state index in [1.165, 1.54) is 0 Å². The van der Waals surface area contributed by atoms with E-state index in [9.17, 15) is 9.59 Å². The molecule has 0 aliphatic carbocycles. The Kier molecular flexibility index (Phi) is 5.18. The molecule has 2 amide bonds. The predicted molar refractivity (Wildman–Crippen MR) is 117 cm³/mol. The molecule has 5 rings (SSSR count). The van der Waals surface area contributed by atoms with Crippen molar-refractivity contribution in [1.82, 2.24) is 20.4 Å². The van der Waals surface area contributed by atoms with Crippen molar-refractivity contribution in [3.8, 4) is 11.5 Å². The third-order valence-electron chi connectivity index (χ3n) is 5.72. The summed E-state index contributed by atoms with van der Waals surface area (Å²) in [5, 5.41) is 7.67. The van der Waals surface area contributed by atoms with Crippen LogP contribution in [-0.4, -0.2) is 39.9 Å². The van der Waals surface area contributed by atoms with Gasteiger partial charge < -0.3 is 19.2 Å². The van der Waals surface area contributed by atoms with Gasteiger partial charge in [-0.2, -0.15) is 0 Å². The van der Waals surface area contributed by atoms with Gasteiger partial charge in [0.05, 0.1) is 28.9 Å². The van der Waals surface area contributed by atoms with Gasteiger partial charge in [-0.3, -0.25) is 9.59 Å². The summed E-state index contributed by atoms with van der Waals surface area (Å²) >= 11 is 0. The zero-order chi connectivity index (χ0) is 22.1. The number of pyridine rings is 1. The highest BCUT2D eigenvalue weighted by molar-refractivity contribution is 6.07. The van der Waals surface area contributed by atoms with Gasteiger partial charge in [-0.15, -0.1) is 0 Å². The molecule has 1 aromatic carbocycles. The van der Waals surface area contributed by atoms with Gasteiger partial charge in [-0.25, -0.2) is 4.98 Å². The van der Waals surface area contributed by atoms with E-state index in [2.05, 4.69) is 15.5 Å². The van der Waals surface area contributed by atoms with Crippen molar-refractivity contribution in [1.29, 1.82) is 0 Å². The number of amides is 2. The van der Waals surface area contributed by atoms with Crippen LogP contribution in [0, 0.1) is 6.92 Å². The molecule has 162 valence electrons. The molecule has 0 radical (unpaired) electrons. The maximum atomic E-state index is 13.5. The Labute approximate surface area is 184 Å². The Hall–Kier alpha value is -3.94. The number of nitrogens with one attached hydrogen (secondary N) is 1. The number of nitrogens with zero attached hydrogens (tertiary/aromatic N) is 3. The fourth-order valence-electron chi connectivity index (χ4n) is 4.10. The van der Waals surface area contributed by atoms with Crippen LogP contribution in [0.25, 0.3) is 22.6 Å². The van der Waals surface area contributed by atoms with E-state index in [4.69, 9.17) is 8.94 Å². The number of aromatic nitrogens is 2. The zero-order valence-corrected chi connectivity index (χ0v) is 17.6. The molecule has 1 atom stereocenters. The first-order chi connectivity index (χ1) is 15.6. The first-order valence-electron chi connectivity index (χ1n) is 10.5. The van der Waals surface area contributed by atoms with Crippen molar-refractivity contribution < 1.29 is 18.5 Å². The lowest BCUT2D eigenvalue weighted by Gasteiger charge is -2.25. The van der Waals surface area contributed by atoms with Crippen molar-refractivity contribution in [2.45, 2.75) is 25.8 Å². The van der Waals surface area contributed by atoms with E-state index >= 15 is 0 Å². The molecular weight excluding hydrogens is 408 g/mol. The largest absolute Gasteiger partial charge is 0.463 e. The fraction of sp³-hybridized carbons (Fsp3) is 0.250. The number of fused-ring (bicyclic) bond motifs is 1. The molecule has 8 heteroatoms. The average Bonchev–Trinajstić information content (AvgIpc) is 3.56. The molecule has 4 aromatic rings. The van der Waals surface area contributed by atoms with Gasteiger partial charge in [0.1, 0.15) is 5.69 Å². The zero-order valence-electron chi connectivity index (χ0n) is 17.6. The predicted octanol–water partition coefficient (Wildman–Crippen LogP) is 3.88. The highest BCUT2D eigenvalue weighted by Gasteiger charge is 2.27. The van der Waals surface area contributed by atoms with Crippen molar-refractivity contribution in [2.24, 2.45) is 0 Å². The molecule has 1 saturated heterocycles. The number of carbonyl (C=O) groups excluding carboxylic acids is 2. The minimum atomic E-state index is -0.360. The van der Waals surface area contributed by atoms with E-state index in [-0.39, 0.29) is 23.6 Å². The van der Waals surface area contributed by atoms with Crippen LogP contribution in [0.4, 0.5) is 0 Å². The summed E-state index contributed by atoms with van der Waals surface area (Å²) in [6.07, 6.45) is 2.93. The minimum Gasteiger partial charge on any atom is -0.463 e. The fourth-order valence-corrected chi connectivity index (χ4v) is 4.10. The topological polar surface area (TPSA) is 101 Å². The molecule has 8 nitrogen and oxygen atoms in total. The third kappa shape index (κ3) is 3.75. The normalized spacial score (nSPS) is 14.8. The lowest BCUT2D eigenvalue weighted by Crippen LogP contribution is -2.38. The molecule has 32 heavy (non-hydrogen) atoms. The second-order valence-corrected chi connectivity index (χ2v) is 7.86. The number of carbonyl (C=O) groups is 2. The molecule has 0 bridgehead atoms. The van der Waals surface area contributed by atoms with Crippen LogP contribution in [-0.2, 0) is 4.79 Å². The van der Waals surface area contributed by atoms with Gasteiger partial charge >= 0.3 is 0 Å². The lowest BCUT2D eigenvalue weighted by atomic mass is 10.0. The van der Waals surface area contributed by atoms with Gasteiger partial charge in [-0.05, 0) is 37.1 Å². The van der Waals surface area contributed by atoms with Gasteiger partial charge in [0.15, 0.2) is 5.76 Å². The van der Waals surface area contributed by atoms with Gasteiger partial charge in [0.25, 0.3) is 11.6 Å².